The molecule has 0 aliphatic rings. The summed E-state index contributed by atoms with van der Waals surface area (Å²) in [4.78, 5) is 7.99. The number of methoxy groups -OCH3 is 1. The normalized spacial score (nSPS) is 11.2. The van der Waals surface area contributed by atoms with E-state index in [4.69, 9.17) is 4.74 Å². The zero-order valence-electron chi connectivity index (χ0n) is 12.3. The van der Waals surface area contributed by atoms with Gasteiger partial charge in [-0.2, -0.15) is 0 Å². The molecule has 21 heavy (non-hydrogen) atoms. The van der Waals surface area contributed by atoms with Crippen molar-refractivity contribution >= 4 is 16.0 Å². The van der Waals surface area contributed by atoms with Crippen LogP contribution in [0.1, 0.15) is 16.7 Å². The Hall–Kier alpha value is -2.15. The number of hydrogen-bond donors (Lipinski definition) is 1. The van der Waals surface area contributed by atoms with Crippen molar-refractivity contribution < 1.29 is 13.2 Å². The Morgan fingerprint density at radius 1 is 1.10 bits per heavy atom. The molecule has 0 radical (unpaired) electrons. The van der Waals surface area contributed by atoms with E-state index in [0.29, 0.717) is 16.9 Å². The van der Waals surface area contributed by atoms with Crippen LogP contribution in [0.15, 0.2) is 29.4 Å². The van der Waals surface area contributed by atoms with E-state index in [1.807, 2.05) is 6.92 Å². The maximum Gasteiger partial charge on any atom is 0.264 e. The van der Waals surface area contributed by atoms with Crippen LogP contribution in [0, 0.1) is 20.8 Å². The van der Waals surface area contributed by atoms with Gasteiger partial charge in [0.05, 0.1) is 12.0 Å². The van der Waals surface area contributed by atoms with Gasteiger partial charge < -0.3 is 4.74 Å². The fraction of sp³-hybridized carbons (Fsp3) is 0.286. The van der Waals surface area contributed by atoms with Gasteiger partial charge in [0, 0.05) is 12.4 Å². The van der Waals surface area contributed by atoms with E-state index >= 15 is 0 Å². The van der Waals surface area contributed by atoms with E-state index < -0.39 is 10.0 Å². The van der Waals surface area contributed by atoms with Crippen LogP contribution in [-0.4, -0.2) is 25.5 Å². The molecule has 0 aliphatic carbocycles. The second-order valence-corrected chi connectivity index (χ2v) is 6.27. The van der Waals surface area contributed by atoms with Gasteiger partial charge in [0.2, 0.25) is 5.95 Å². The van der Waals surface area contributed by atoms with Crippen molar-refractivity contribution in [1.29, 1.82) is 0 Å². The average molecular weight is 307 g/mol. The van der Waals surface area contributed by atoms with E-state index in [1.54, 1.807) is 33.1 Å². The van der Waals surface area contributed by atoms with Gasteiger partial charge in [0.25, 0.3) is 10.0 Å². The lowest BCUT2D eigenvalue weighted by atomic mass is 10.1. The van der Waals surface area contributed by atoms with Gasteiger partial charge in [-0.15, -0.1) is 0 Å². The number of aryl methyl sites for hydroxylation is 1. The molecule has 1 N–H and O–H groups in total. The van der Waals surface area contributed by atoms with E-state index in [1.165, 1.54) is 12.4 Å². The average Bonchev–Trinajstić information content (AvgIpc) is 2.43. The SMILES string of the molecule is COc1cc(C)c(S(=O)(=O)Nc2ncccn2)c(C)c1C. The summed E-state index contributed by atoms with van der Waals surface area (Å²) in [6.07, 6.45) is 2.95. The summed E-state index contributed by atoms with van der Waals surface area (Å²) in [6, 6.07) is 3.33. The van der Waals surface area contributed by atoms with E-state index in [2.05, 4.69) is 14.7 Å². The van der Waals surface area contributed by atoms with Crippen LogP contribution < -0.4 is 9.46 Å². The third-order valence-electron chi connectivity index (χ3n) is 3.26. The van der Waals surface area contributed by atoms with Gasteiger partial charge in [-0.3, -0.25) is 0 Å². The summed E-state index contributed by atoms with van der Waals surface area (Å²) in [5.74, 6) is 0.713. The molecule has 0 bridgehead atoms. The predicted molar refractivity (Wildman–Crippen MR) is 80.0 cm³/mol. The van der Waals surface area contributed by atoms with Gasteiger partial charge in [0.1, 0.15) is 5.75 Å². The monoisotopic (exact) mass is 307 g/mol. The molecule has 7 heteroatoms. The third kappa shape index (κ3) is 2.97. The number of hydrogen-bond acceptors (Lipinski definition) is 5. The standard InChI is InChI=1S/C14H17N3O3S/c1-9-8-12(20-4)10(2)11(3)13(9)21(18,19)17-14-15-6-5-7-16-14/h5-8H,1-4H3,(H,15,16,17). The summed E-state index contributed by atoms with van der Waals surface area (Å²) in [5, 5.41) is 0. The fourth-order valence-corrected chi connectivity index (χ4v) is 3.66. The molecule has 0 spiro atoms. The van der Waals surface area contributed by atoms with Crippen LogP contribution in [-0.2, 0) is 10.0 Å². The van der Waals surface area contributed by atoms with Crippen LogP contribution >= 0.6 is 0 Å². The van der Waals surface area contributed by atoms with E-state index in [-0.39, 0.29) is 10.8 Å². The van der Waals surface area contributed by atoms with Crippen LogP contribution in [0.2, 0.25) is 0 Å². The van der Waals surface area contributed by atoms with Crippen LogP contribution in [0.5, 0.6) is 5.75 Å². The number of nitrogens with zero attached hydrogens (tertiary/aromatic N) is 2. The third-order valence-corrected chi connectivity index (χ3v) is 4.88. The first-order chi connectivity index (χ1) is 9.86. The second-order valence-electron chi connectivity index (χ2n) is 4.65. The quantitative estimate of drug-likeness (QED) is 0.936. The summed E-state index contributed by atoms with van der Waals surface area (Å²) in [7, 11) is -2.19. The molecule has 1 aromatic heterocycles. The molecular formula is C14H17N3O3S. The van der Waals surface area contributed by atoms with Crippen molar-refractivity contribution in [3.05, 3.63) is 41.2 Å². The van der Waals surface area contributed by atoms with Gasteiger partial charge in [-0.25, -0.2) is 23.1 Å². The zero-order chi connectivity index (χ0) is 15.6. The topological polar surface area (TPSA) is 81.2 Å². The van der Waals surface area contributed by atoms with Crippen molar-refractivity contribution in [3.8, 4) is 5.75 Å². The summed E-state index contributed by atoms with van der Waals surface area (Å²) in [6.45, 7) is 5.31. The van der Waals surface area contributed by atoms with E-state index in [0.717, 1.165) is 5.56 Å². The first-order valence-electron chi connectivity index (χ1n) is 6.31. The smallest absolute Gasteiger partial charge is 0.264 e. The Morgan fingerprint density at radius 2 is 1.71 bits per heavy atom. The highest BCUT2D eigenvalue weighted by molar-refractivity contribution is 7.92. The maximum absolute atomic E-state index is 12.6. The minimum atomic E-state index is -3.75. The lowest BCUT2D eigenvalue weighted by Gasteiger charge is -2.16. The van der Waals surface area contributed by atoms with Crippen LogP contribution in [0.25, 0.3) is 0 Å². The highest BCUT2D eigenvalue weighted by Crippen LogP contribution is 2.31. The molecular weight excluding hydrogens is 290 g/mol. The van der Waals surface area contributed by atoms with Crippen molar-refractivity contribution in [2.75, 3.05) is 11.8 Å². The number of benzene rings is 1. The second kappa shape index (κ2) is 5.69. The number of aromatic nitrogens is 2. The molecule has 0 fully saturated rings. The van der Waals surface area contributed by atoms with Crippen molar-refractivity contribution in [3.63, 3.8) is 0 Å². The first kappa shape index (κ1) is 15.2. The highest BCUT2D eigenvalue weighted by atomic mass is 32.2. The van der Waals surface area contributed by atoms with Gasteiger partial charge in [-0.1, -0.05) is 0 Å². The summed E-state index contributed by atoms with van der Waals surface area (Å²) < 4.78 is 32.8. The van der Waals surface area contributed by atoms with Crippen LogP contribution in [0.3, 0.4) is 0 Å². The summed E-state index contributed by atoms with van der Waals surface area (Å²) >= 11 is 0. The molecule has 6 nitrogen and oxygen atoms in total. The Morgan fingerprint density at radius 3 is 2.29 bits per heavy atom. The lowest BCUT2D eigenvalue weighted by molar-refractivity contribution is 0.410. The lowest BCUT2D eigenvalue weighted by Crippen LogP contribution is -2.18. The fourth-order valence-electron chi connectivity index (χ4n) is 2.17. The Labute approximate surface area is 124 Å². The number of sulfonamides is 1. The van der Waals surface area contributed by atoms with Gasteiger partial charge >= 0.3 is 0 Å². The molecule has 0 saturated heterocycles. The molecule has 0 atom stereocenters. The van der Waals surface area contributed by atoms with Crippen molar-refractivity contribution in [2.45, 2.75) is 25.7 Å². The molecule has 112 valence electrons. The molecule has 2 aromatic rings. The Bertz CT molecular complexity index is 759. The molecule has 0 amide bonds. The van der Waals surface area contributed by atoms with E-state index in [9.17, 15) is 8.42 Å². The molecule has 1 aromatic carbocycles. The summed E-state index contributed by atoms with van der Waals surface area (Å²) in [5.41, 5.74) is 2.05. The minimum Gasteiger partial charge on any atom is -0.496 e. The molecule has 0 aliphatic heterocycles. The van der Waals surface area contributed by atoms with Crippen LogP contribution in [0.4, 0.5) is 5.95 Å². The van der Waals surface area contributed by atoms with Gasteiger partial charge in [-0.05, 0) is 49.6 Å². The first-order valence-corrected chi connectivity index (χ1v) is 7.79. The number of ether oxygens (including phenoxy) is 1. The number of anilines is 1. The Balaban J connectivity index is 2.53. The van der Waals surface area contributed by atoms with Crippen molar-refractivity contribution in [1.82, 2.24) is 9.97 Å². The number of nitrogens with one attached hydrogen (secondary N) is 1. The molecule has 0 unspecified atom stereocenters. The number of rotatable bonds is 4. The Kier molecular flexibility index (Phi) is 4.13. The predicted octanol–water partition coefficient (Wildman–Crippen LogP) is 2.21. The van der Waals surface area contributed by atoms with Crippen molar-refractivity contribution in [2.24, 2.45) is 0 Å². The van der Waals surface area contributed by atoms with Gasteiger partial charge in [0.15, 0.2) is 0 Å². The zero-order valence-corrected chi connectivity index (χ0v) is 13.2. The minimum absolute atomic E-state index is 0.0461. The highest BCUT2D eigenvalue weighted by Gasteiger charge is 2.23. The molecule has 1 heterocycles. The maximum atomic E-state index is 12.6. The largest absolute Gasteiger partial charge is 0.496 e. The molecule has 0 saturated carbocycles. The molecule has 2 rings (SSSR count).